The van der Waals surface area contributed by atoms with E-state index in [1.807, 2.05) is 30.0 Å². The number of nitrogens with zero attached hydrogens (tertiary/aromatic N) is 2. The zero-order valence-electron chi connectivity index (χ0n) is 16.5. The Bertz CT molecular complexity index is 804. The third kappa shape index (κ3) is 6.02. The Balaban J connectivity index is 0.00000240. The Morgan fingerprint density at radius 1 is 1.17 bits per heavy atom. The van der Waals surface area contributed by atoms with E-state index in [0.29, 0.717) is 18.6 Å². The maximum absolute atomic E-state index is 6.25. The van der Waals surface area contributed by atoms with Crippen molar-refractivity contribution < 1.29 is 4.74 Å². The third-order valence-electron chi connectivity index (χ3n) is 5.33. The molecule has 29 heavy (non-hydrogen) atoms. The van der Waals surface area contributed by atoms with E-state index in [9.17, 15) is 0 Å². The van der Waals surface area contributed by atoms with Gasteiger partial charge in [0.05, 0.1) is 19.2 Å². The number of rotatable bonds is 5. The average molecular weight is 524 g/mol. The monoisotopic (exact) mass is 524 g/mol. The molecule has 0 bridgehead atoms. The van der Waals surface area contributed by atoms with E-state index in [1.165, 1.54) is 11.3 Å². The van der Waals surface area contributed by atoms with Gasteiger partial charge < -0.3 is 15.8 Å². The second kappa shape index (κ2) is 11.1. The number of fused-ring (bicyclic) bond motifs is 1. The minimum absolute atomic E-state index is 0. The fourth-order valence-electron chi connectivity index (χ4n) is 3.80. The van der Waals surface area contributed by atoms with Crippen LogP contribution in [-0.2, 0) is 6.54 Å². The van der Waals surface area contributed by atoms with E-state index < -0.39 is 0 Å². The molecule has 0 amide bonds. The van der Waals surface area contributed by atoms with E-state index in [2.05, 4.69) is 46.6 Å². The third-order valence-corrected chi connectivity index (χ3v) is 6.42. The van der Waals surface area contributed by atoms with Crippen LogP contribution >= 0.6 is 35.7 Å². The van der Waals surface area contributed by atoms with Gasteiger partial charge in [-0.2, -0.15) is 11.8 Å². The van der Waals surface area contributed by atoms with Crippen LogP contribution in [0.1, 0.15) is 23.6 Å². The molecule has 2 atom stereocenters. The van der Waals surface area contributed by atoms with Gasteiger partial charge in [0.25, 0.3) is 0 Å². The van der Waals surface area contributed by atoms with Crippen molar-refractivity contribution in [2.45, 2.75) is 25.0 Å². The highest BCUT2D eigenvalue weighted by molar-refractivity contribution is 14.0. The van der Waals surface area contributed by atoms with E-state index in [4.69, 9.17) is 15.5 Å². The largest absolute Gasteiger partial charge is 0.493 e. The van der Waals surface area contributed by atoms with E-state index >= 15 is 0 Å². The topological polar surface area (TPSA) is 62.9 Å². The second-order valence-corrected chi connectivity index (χ2v) is 8.43. The molecule has 2 heterocycles. The minimum atomic E-state index is 0. The van der Waals surface area contributed by atoms with Gasteiger partial charge in [0.15, 0.2) is 5.96 Å². The fourth-order valence-corrected chi connectivity index (χ4v) is 4.92. The van der Waals surface area contributed by atoms with Crippen molar-refractivity contribution >= 4 is 41.7 Å². The molecule has 0 saturated carbocycles. The van der Waals surface area contributed by atoms with E-state index in [-0.39, 0.29) is 30.0 Å². The molecular weight excluding hydrogens is 495 g/mol. The number of ether oxygens (including phenoxy) is 1. The molecule has 4 rings (SSSR count). The summed E-state index contributed by atoms with van der Waals surface area (Å²) in [6.45, 7) is 3.50. The number of nitrogens with two attached hydrogens (primary N) is 1. The summed E-state index contributed by atoms with van der Waals surface area (Å²) in [7, 11) is 0. The van der Waals surface area contributed by atoms with Gasteiger partial charge in [-0.05, 0) is 11.6 Å². The molecule has 2 unspecified atom stereocenters. The van der Waals surface area contributed by atoms with Gasteiger partial charge in [-0.25, -0.2) is 0 Å². The van der Waals surface area contributed by atoms with Crippen molar-refractivity contribution in [1.29, 1.82) is 0 Å². The van der Waals surface area contributed by atoms with Gasteiger partial charge in [0.1, 0.15) is 5.75 Å². The molecule has 0 spiro atoms. The Hall–Kier alpha value is -1.45. The molecule has 0 aliphatic carbocycles. The maximum Gasteiger partial charge on any atom is 0.189 e. The number of benzene rings is 2. The lowest BCUT2D eigenvalue weighted by atomic mass is 10.0. The van der Waals surface area contributed by atoms with Crippen LogP contribution in [0, 0.1) is 0 Å². The van der Waals surface area contributed by atoms with Crippen LogP contribution in [0.15, 0.2) is 59.6 Å². The molecule has 2 aliphatic rings. The number of hydrogen-bond donors (Lipinski definition) is 2. The van der Waals surface area contributed by atoms with Crippen LogP contribution in [0.5, 0.6) is 5.75 Å². The van der Waals surface area contributed by atoms with Gasteiger partial charge in [0, 0.05) is 42.6 Å². The van der Waals surface area contributed by atoms with Gasteiger partial charge >= 0.3 is 0 Å². The van der Waals surface area contributed by atoms with Crippen molar-refractivity contribution in [2.24, 2.45) is 10.7 Å². The zero-order chi connectivity index (χ0) is 19.2. The SMILES string of the molecule is I.NC(=NCC1CSCCN1Cc1ccccc1)NC1CCOc2ccccc21. The van der Waals surface area contributed by atoms with Crippen molar-refractivity contribution in [3.8, 4) is 5.75 Å². The summed E-state index contributed by atoms with van der Waals surface area (Å²) >= 11 is 2.01. The predicted octanol–water partition coefficient (Wildman–Crippen LogP) is 3.65. The first kappa shape index (κ1) is 22.2. The fraction of sp³-hybridized carbons (Fsp3) is 0.409. The maximum atomic E-state index is 6.25. The number of guanidine groups is 1. The molecule has 0 aromatic heterocycles. The standard InChI is InChI=1S/C22H28N4OS.HI/c23-22(25-20-10-12-27-21-9-5-4-8-19(20)21)24-14-18-16-28-13-11-26(18)15-17-6-2-1-3-7-17;/h1-9,18,20H,10-16H2,(H3,23,24,25);1H. The first-order valence-corrected chi connectivity index (χ1v) is 11.1. The van der Waals surface area contributed by atoms with Crippen molar-refractivity contribution in [1.82, 2.24) is 10.2 Å². The van der Waals surface area contributed by atoms with Crippen LogP contribution in [0.25, 0.3) is 0 Å². The van der Waals surface area contributed by atoms with Gasteiger partial charge in [-0.15, -0.1) is 24.0 Å². The molecule has 1 fully saturated rings. The Labute approximate surface area is 194 Å². The molecule has 5 nitrogen and oxygen atoms in total. The van der Waals surface area contributed by atoms with Crippen molar-refractivity contribution in [3.05, 3.63) is 65.7 Å². The molecule has 7 heteroatoms. The summed E-state index contributed by atoms with van der Waals surface area (Å²) < 4.78 is 5.73. The van der Waals surface area contributed by atoms with Crippen LogP contribution < -0.4 is 15.8 Å². The highest BCUT2D eigenvalue weighted by atomic mass is 127. The first-order chi connectivity index (χ1) is 13.8. The normalized spacial score (nSPS) is 22.1. The van der Waals surface area contributed by atoms with Gasteiger partial charge in [-0.3, -0.25) is 9.89 Å². The lowest BCUT2D eigenvalue weighted by Crippen LogP contribution is -2.44. The molecule has 1 saturated heterocycles. The quantitative estimate of drug-likeness (QED) is 0.355. The summed E-state index contributed by atoms with van der Waals surface area (Å²) in [6, 6.07) is 19.4. The average Bonchev–Trinajstić information content (AvgIpc) is 2.74. The minimum Gasteiger partial charge on any atom is -0.493 e. The first-order valence-electron chi connectivity index (χ1n) is 9.93. The van der Waals surface area contributed by atoms with Crippen LogP contribution in [0.3, 0.4) is 0 Å². The number of thioether (sulfide) groups is 1. The molecule has 2 aromatic rings. The summed E-state index contributed by atoms with van der Waals surface area (Å²) in [5.41, 5.74) is 8.76. The van der Waals surface area contributed by atoms with E-state index in [0.717, 1.165) is 43.1 Å². The van der Waals surface area contributed by atoms with Crippen molar-refractivity contribution in [2.75, 3.05) is 31.2 Å². The smallest absolute Gasteiger partial charge is 0.189 e. The van der Waals surface area contributed by atoms with Gasteiger partial charge in [-0.1, -0.05) is 48.5 Å². The summed E-state index contributed by atoms with van der Waals surface area (Å²) in [4.78, 5) is 7.23. The van der Waals surface area contributed by atoms with Crippen molar-refractivity contribution in [3.63, 3.8) is 0 Å². The summed E-state index contributed by atoms with van der Waals surface area (Å²) in [6.07, 6.45) is 0.895. The van der Waals surface area contributed by atoms with Crippen LogP contribution in [0.4, 0.5) is 0 Å². The Morgan fingerprint density at radius 3 is 2.83 bits per heavy atom. The molecule has 2 aliphatic heterocycles. The summed E-state index contributed by atoms with van der Waals surface area (Å²) in [5.74, 6) is 3.75. The van der Waals surface area contributed by atoms with Crippen LogP contribution in [-0.4, -0.2) is 48.1 Å². The van der Waals surface area contributed by atoms with E-state index in [1.54, 1.807) is 0 Å². The zero-order valence-corrected chi connectivity index (χ0v) is 19.6. The molecule has 2 aromatic carbocycles. The Morgan fingerprint density at radius 2 is 1.97 bits per heavy atom. The molecule has 3 N–H and O–H groups in total. The summed E-state index contributed by atoms with van der Waals surface area (Å²) in [5, 5.41) is 3.40. The lowest BCUT2D eigenvalue weighted by molar-refractivity contribution is 0.215. The number of aliphatic imine (C=N–C) groups is 1. The molecular formula is C22H29IN4OS. The predicted molar refractivity (Wildman–Crippen MR) is 132 cm³/mol. The highest BCUT2D eigenvalue weighted by Gasteiger charge is 2.24. The number of nitrogens with one attached hydrogen (secondary N) is 1. The Kier molecular flexibility index (Phi) is 8.50. The molecule has 0 radical (unpaired) electrons. The second-order valence-electron chi connectivity index (χ2n) is 7.28. The highest BCUT2D eigenvalue weighted by Crippen LogP contribution is 2.31. The number of halogens is 1. The number of hydrogen-bond acceptors (Lipinski definition) is 4. The van der Waals surface area contributed by atoms with Crippen LogP contribution in [0.2, 0.25) is 0 Å². The number of para-hydroxylation sites is 1. The molecule has 156 valence electrons. The lowest BCUT2D eigenvalue weighted by Gasteiger charge is -2.34. The van der Waals surface area contributed by atoms with Gasteiger partial charge in [0.2, 0.25) is 0 Å².